The zero-order valence-electron chi connectivity index (χ0n) is 20.9. The van der Waals surface area contributed by atoms with Gasteiger partial charge >= 0.3 is 0 Å². The van der Waals surface area contributed by atoms with E-state index in [1.165, 1.54) is 50.1 Å². The van der Waals surface area contributed by atoms with Crippen LogP contribution in [-0.2, 0) is 10.8 Å². The van der Waals surface area contributed by atoms with Crippen molar-refractivity contribution in [3.05, 3.63) is 143 Å². The Bertz CT molecular complexity index is 1640. The summed E-state index contributed by atoms with van der Waals surface area (Å²) in [6, 6.07) is 41.7. The summed E-state index contributed by atoms with van der Waals surface area (Å²) in [6.45, 7) is 6.98. The third-order valence-electron chi connectivity index (χ3n) is 8.43. The molecule has 1 heterocycles. The third kappa shape index (κ3) is 2.83. The Morgan fingerprint density at radius 3 is 1.92 bits per heavy atom. The summed E-state index contributed by atoms with van der Waals surface area (Å²) in [5.41, 5.74) is 11.3. The molecule has 0 spiro atoms. The molecule has 7 rings (SSSR count). The fourth-order valence-electron chi connectivity index (χ4n) is 6.40. The van der Waals surface area contributed by atoms with Gasteiger partial charge in [-0.05, 0) is 64.1 Å². The van der Waals surface area contributed by atoms with E-state index < -0.39 is 0 Å². The monoisotopic (exact) mass is 464 g/mol. The van der Waals surface area contributed by atoms with Gasteiger partial charge in [0, 0.05) is 22.0 Å². The highest BCUT2D eigenvalue weighted by molar-refractivity contribution is 5.84. The lowest BCUT2D eigenvalue weighted by atomic mass is 9.69. The Balaban J connectivity index is 1.38. The van der Waals surface area contributed by atoms with E-state index in [0.29, 0.717) is 0 Å². The van der Waals surface area contributed by atoms with Gasteiger partial charge in [0.05, 0.1) is 0 Å². The minimum Gasteiger partial charge on any atom is -0.457 e. The molecule has 1 nitrogen and oxygen atoms in total. The van der Waals surface area contributed by atoms with Crippen LogP contribution < -0.4 is 4.74 Å². The van der Waals surface area contributed by atoms with Crippen LogP contribution in [0.3, 0.4) is 0 Å². The van der Waals surface area contributed by atoms with Gasteiger partial charge in [0.1, 0.15) is 11.5 Å². The molecule has 1 heteroatoms. The van der Waals surface area contributed by atoms with Crippen LogP contribution in [0, 0.1) is 0 Å². The first kappa shape index (κ1) is 21.2. The standard InChI is InChI=1S/C35H28O/c1-34(2)28-14-8-7-13-26(28)27-19-17-23(21-31(27)34)24-18-20-30-33(22-24)36-32-16-10-9-15-29(32)35(30,3)25-11-5-4-6-12-25/h4-22H,1-3H3. The molecule has 1 atom stereocenters. The van der Waals surface area contributed by atoms with Gasteiger partial charge in [-0.1, -0.05) is 111 Å². The van der Waals surface area contributed by atoms with Crippen LogP contribution in [-0.4, -0.2) is 0 Å². The molecular weight excluding hydrogens is 436 g/mol. The highest BCUT2D eigenvalue weighted by Gasteiger charge is 2.40. The van der Waals surface area contributed by atoms with Gasteiger partial charge in [-0.25, -0.2) is 0 Å². The molecule has 174 valence electrons. The molecule has 1 unspecified atom stereocenters. The quantitative estimate of drug-likeness (QED) is 0.253. The van der Waals surface area contributed by atoms with E-state index in [4.69, 9.17) is 4.74 Å². The first-order valence-corrected chi connectivity index (χ1v) is 12.7. The predicted octanol–water partition coefficient (Wildman–Crippen LogP) is 9.12. The molecule has 1 aliphatic heterocycles. The lowest BCUT2D eigenvalue weighted by Crippen LogP contribution is -2.29. The van der Waals surface area contributed by atoms with Gasteiger partial charge in [-0.2, -0.15) is 0 Å². The molecule has 0 N–H and O–H groups in total. The van der Waals surface area contributed by atoms with Crippen LogP contribution in [0.25, 0.3) is 22.3 Å². The Labute approximate surface area is 213 Å². The van der Waals surface area contributed by atoms with Crippen LogP contribution in [0.2, 0.25) is 0 Å². The molecule has 0 aromatic heterocycles. The van der Waals surface area contributed by atoms with Crippen LogP contribution in [0.1, 0.15) is 48.6 Å². The largest absolute Gasteiger partial charge is 0.457 e. The average Bonchev–Trinajstić information content (AvgIpc) is 3.15. The smallest absolute Gasteiger partial charge is 0.132 e. The lowest BCUT2D eigenvalue weighted by molar-refractivity contribution is 0.427. The van der Waals surface area contributed by atoms with E-state index in [1.54, 1.807) is 0 Å². The van der Waals surface area contributed by atoms with Crippen LogP contribution in [0.5, 0.6) is 11.5 Å². The fourth-order valence-corrected chi connectivity index (χ4v) is 6.40. The van der Waals surface area contributed by atoms with E-state index in [-0.39, 0.29) is 10.8 Å². The number of benzene rings is 5. The van der Waals surface area contributed by atoms with Gasteiger partial charge in [-0.3, -0.25) is 0 Å². The minimum atomic E-state index is -0.286. The Morgan fingerprint density at radius 2 is 1.08 bits per heavy atom. The van der Waals surface area contributed by atoms with Gasteiger partial charge in [0.2, 0.25) is 0 Å². The fraction of sp³-hybridized carbons (Fsp3) is 0.143. The topological polar surface area (TPSA) is 9.23 Å². The normalized spacial score (nSPS) is 18.4. The van der Waals surface area contributed by atoms with Crippen molar-refractivity contribution < 1.29 is 4.74 Å². The molecular formula is C35H28O. The second kappa shape index (κ2) is 7.45. The van der Waals surface area contributed by atoms with Crippen LogP contribution >= 0.6 is 0 Å². The molecule has 0 amide bonds. The number of hydrogen-bond donors (Lipinski definition) is 0. The summed E-state index contributed by atoms with van der Waals surface area (Å²) >= 11 is 0. The number of para-hydroxylation sites is 1. The zero-order chi connectivity index (χ0) is 24.5. The maximum Gasteiger partial charge on any atom is 0.132 e. The van der Waals surface area contributed by atoms with Crippen molar-refractivity contribution in [1.29, 1.82) is 0 Å². The van der Waals surface area contributed by atoms with E-state index >= 15 is 0 Å². The van der Waals surface area contributed by atoms with Crippen molar-refractivity contribution in [2.45, 2.75) is 31.6 Å². The van der Waals surface area contributed by atoms with Crippen molar-refractivity contribution in [1.82, 2.24) is 0 Å². The summed E-state index contributed by atoms with van der Waals surface area (Å²) in [6.07, 6.45) is 0. The first-order valence-electron chi connectivity index (χ1n) is 12.7. The lowest BCUT2D eigenvalue weighted by Gasteiger charge is -2.38. The number of ether oxygens (including phenoxy) is 1. The summed E-state index contributed by atoms with van der Waals surface area (Å²) in [5.74, 6) is 1.86. The van der Waals surface area contributed by atoms with Crippen molar-refractivity contribution in [2.24, 2.45) is 0 Å². The van der Waals surface area contributed by atoms with E-state index in [2.05, 4.69) is 136 Å². The second-order valence-corrected chi connectivity index (χ2v) is 10.7. The summed E-state index contributed by atoms with van der Waals surface area (Å²) in [7, 11) is 0. The second-order valence-electron chi connectivity index (χ2n) is 10.7. The van der Waals surface area contributed by atoms with E-state index in [9.17, 15) is 0 Å². The van der Waals surface area contributed by atoms with Crippen molar-refractivity contribution >= 4 is 0 Å². The molecule has 1 aliphatic carbocycles. The van der Waals surface area contributed by atoms with Crippen LogP contribution in [0.4, 0.5) is 0 Å². The first-order chi connectivity index (χ1) is 17.5. The predicted molar refractivity (Wildman–Crippen MR) is 148 cm³/mol. The van der Waals surface area contributed by atoms with Crippen molar-refractivity contribution in [3.8, 4) is 33.8 Å². The zero-order valence-corrected chi connectivity index (χ0v) is 20.9. The number of hydrogen-bond acceptors (Lipinski definition) is 1. The highest BCUT2D eigenvalue weighted by Crippen LogP contribution is 2.53. The maximum absolute atomic E-state index is 6.54. The van der Waals surface area contributed by atoms with Gasteiger partial charge in [0.15, 0.2) is 0 Å². The molecule has 0 fully saturated rings. The molecule has 0 saturated heterocycles. The molecule has 5 aromatic rings. The van der Waals surface area contributed by atoms with Crippen molar-refractivity contribution in [2.75, 3.05) is 0 Å². The highest BCUT2D eigenvalue weighted by atomic mass is 16.5. The Kier molecular flexibility index (Phi) is 4.39. The Morgan fingerprint density at radius 1 is 0.472 bits per heavy atom. The van der Waals surface area contributed by atoms with Crippen molar-refractivity contribution in [3.63, 3.8) is 0 Å². The van der Waals surface area contributed by atoms with E-state index in [0.717, 1.165) is 11.5 Å². The molecule has 2 aliphatic rings. The molecule has 0 saturated carbocycles. The molecule has 36 heavy (non-hydrogen) atoms. The average molecular weight is 465 g/mol. The summed E-state index contributed by atoms with van der Waals surface area (Å²) < 4.78 is 6.54. The van der Waals surface area contributed by atoms with Gasteiger partial charge < -0.3 is 4.74 Å². The minimum absolute atomic E-state index is 0.0164. The molecule has 0 bridgehead atoms. The number of fused-ring (bicyclic) bond motifs is 5. The SMILES string of the molecule is CC1(C)c2ccccc2-c2ccc(-c3ccc4c(c3)Oc3ccccc3C4(C)c3ccccc3)cc21. The van der Waals surface area contributed by atoms with Gasteiger partial charge in [0.25, 0.3) is 0 Å². The van der Waals surface area contributed by atoms with Crippen LogP contribution in [0.15, 0.2) is 115 Å². The van der Waals surface area contributed by atoms with E-state index in [1.807, 2.05) is 0 Å². The summed E-state index contributed by atoms with van der Waals surface area (Å²) in [4.78, 5) is 0. The van der Waals surface area contributed by atoms with Gasteiger partial charge in [-0.15, -0.1) is 0 Å². The Hall–Kier alpha value is -4.10. The molecule has 0 radical (unpaired) electrons. The summed E-state index contributed by atoms with van der Waals surface area (Å²) in [5, 5.41) is 0. The molecule has 5 aromatic carbocycles. The maximum atomic E-state index is 6.54. The third-order valence-corrected chi connectivity index (χ3v) is 8.43. The number of rotatable bonds is 2.